The highest BCUT2D eigenvalue weighted by molar-refractivity contribution is 9.09. The molecule has 0 bridgehead atoms. The van der Waals surface area contributed by atoms with Crippen LogP contribution in [0.25, 0.3) is 0 Å². The highest BCUT2D eigenvalue weighted by atomic mass is 79.9. The Bertz CT molecular complexity index is 352. The molecular formula is C13H17Br. The second-order valence-corrected chi connectivity index (χ2v) is 5.94. The summed E-state index contributed by atoms with van der Waals surface area (Å²) in [4.78, 5) is 0.555. The number of aryl methyl sites for hydroxylation is 1. The lowest BCUT2D eigenvalue weighted by molar-refractivity contribution is 0.521. The van der Waals surface area contributed by atoms with Gasteiger partial charge in [-0.25, -0.2) is 0 Å². The van der Waals surface area contributed by atoms with E-state index < -0.39 is 0 Å². The molecule has 1 atom stereocenters. The molecule has 0 fully saturated rings. The number of benzene rings is 1. The van der Waals surface area contributed by atoms with Crippen LogP contribution in [-0.4, -0.2) is 0 Å². The van der Waals surface area contributed by atoms with Crippen LogP contribution < -0.4 is 0 Å². The van der Waals surface area contributed by atoms with Gasteiger partial charge in [0, 0.05) is 4.83 Å². The minimum absolute atomic E-state index is 0.343. The fourth-order valence-corrected chi connectivity index (χ4v) is 3.56. The van der Waals surface area contributed by atoms with Crippen LogP contribution in [0, 0.1) is 0 Å². The molecule has 0 saturated heterocycles. The van der Waals surface area contributed by atoms with Crippen molar-refractivity contribution in [2.75, 3.05) is 0 Å². The molecule has 1 aromatic carbocycles. The van der Waals surface area contributed by atoms with E-state index in [1.54, 1.807) is 0 Å². The summed E-state index contributed by atoms with van der Waals surface area (Å²) in [6.07, 6.45) is 2.35. The van der Waals surface area contributed by atoms with Crippen molar-refractivity contribution < 1.29 is 0 Å². The lowest BCUT2D eigenvalue weighted by Crippen LogP contribution is -2.11. The van der Waals surface area contributed by atoms with E-state index in [2.05, 4.69) is 54.9 Å². The number of halogens is 1. The van der Waals surface area contributed by atoms with Crippen LogP contribution >= 0.6 is 15.9 Å². The third kappa shape index (κ3) is 1.52. The molecule has 1 unspecified atom stereocenters. The monoisotopic (exact) mass is 252 g/mol. The fraction of sp³-hybridized carbons (Fsp3) is 0.538. The van der Waals surface area contributed by atoms with Crippen LogP contribution in [0.1, 0.15) is 48.7 Å². The Labute approximate surface area is 94.8 Å². The maximum Gasteiger partial charge on any atom is 0.0406 e. The first-order valence-electron chi connectivity index (χ1n) is 5.32. The summed E-state index contributed by atoms with van der Waals surface area (Å²) in [6.45, 7) is 6.88. The molecule has 1 aromatic rings. The SMILES string of the molecule is CCc1ccc2c(c1)C(Br)CC2(C)C. The maximum atomic E-state index is 3.78. The van der Waals surface area contributed by atoms with Crippen LogP contribution in [0.15, 0.2) is 18.2 Å². The molecule has 0 radical (unpaired) electrons. The molecule has 0 N–H and O–H groups in total. The van der Waals surface area contributed by atoms with Crippen molar-refractivity contribution in [1.82, 2.24) is 0 Å². The highest BCUT2D eigenvalue weighted by Crippen LogP contribution is 2.48. The van der Waals surface area contributed by atoms with E-state index in [4.69, 9.17) is 0 Å². The van der Waals surface area contributed by atoms with E-state index in [-0.39, 0.29) is 0 Å². The van der Waals surface area contributed by atoms with Crippen LogP contribution in [0.3, 0.4) is 0 Å². The van der Waals surface area contributed by atoms with Gasteiger partial charge < -0.3 is 0 Å². The molecule has 0 aromatic heterocycles. The second-order valence-electron chi connectivity index (χ2n) is 4.83. The van der Waals surface area contributed by atoms with Crippen LogP contribution in [0.5, 0.6) is 0 Å². The molecular weight excluding hydrogens is 236 g/mol. The number of hydrogen-bond donors (Lipinski definition) is 0. The highest BCUT2D eigenvalue weighted by Gasteiger charge is 2.35. The van der Waals surface area contributed by atoms with Crippen molar-refractivity contribution >= 4 is 15.9 Å². The van der Waals surface area contributed by atoms with Gasteiger partial charge in [-0.1, -0.05) is 54.9 Å². The minimum Gasteiger partial charge on any atom is -0.0838 e. The van der Waals surface area contributed by atoms with Gasteiger partial charge in [0.1, 0.15) is 0 Å². The molecule has 1 heteroatoms. The fourth-order valence-electron chi connectivity index (χ4n) is 2.38. The Hall–Kier alpha value is -0.300. The second kappa shape index (κ2) is 3.37. The number of rotatable bonds is 1. The lowest BCUT2D eigenvalue weighted by atomic mass is 9.86. The van der Waals surface area contributed by atoms with E-state index in [0.29, 0.717) is 10.2 Å². The summed E-state index contributed by atoms with van der Waals surface area (Å²) < 4.78 is 0. The Morgan fingerprint density at radius 2 is 2.14 bits per heavy atom. The van der Waals surface area contributed by atoms with Crippen LogP contribution in [0.2, 0.25) is 0 Å². The first-order valence-corrected chi connectivity index (χ1v) is 6.23. The lowest BCUT2D eigenvalue weighted by Gasteiger charge is -2.18. The first kappa shape index (κ1) is 10.2. The summed E-state index contributed by atoms with van der Waals surface area (Å²) in [5.74, 6) is 0. The van der Waals surface area contributed by atoms with Crippen molar-refractivity contribution in [2.45, 2.75) is 43.9 Å². The Morgan fingerprint density at radius 1 is 1.43 bits per heavy atom. The summed E-state index contributed by atoms with van der Waals surface area (Å²) in [6, 6.07) is 6.95. The van der Waals surface area contributed by atoms with E-state index in [0.717, 1.165) is 6.42 Å². The van der Waals surface area contributed by atoms with E-state index in [1.165, 1.54) is 23.1 Å². The van der Waals surface area contributed by atoms with Crippen molar-refractivity contribution in [3.63, 3.8) is 0 Å². The van der Waals surface area contributed by atoms with E-state index in [1.807, 2.05) is 0 Å². The summed E-state index contributed by atoms with van der Waals surface area (Å²) in [7, 11) is 0. The van der Waals surface area contributed by atoms with Crippen molar-refractivity contribution in [3.05, 3.63) is 34.9 Å². The van der Waals surface area contributed by atoms with Crippen LogP contribution in [-0.2, 0) is 11.8 Å². The number of hydrogen-bond acceptors (Lipinski definition) is 0. The zero-order valence-corrected chi connectivity index (χ0v) is 10.7. The molecule has 0 nitrogen and oxygen atoms in total. The van der Waals surface area contributed by atoms with E-state index >= 15 is 0 Å². The van der Waals surface area contributed by atoms with Crippen LogP contribution in [0.4, 0.5) is 0 Å². The van der Waals surface area contributed by atoms with Gasteiger partial charge >= 0.3 is 0 Å². The normalized spacial score (nSPS) is 23.6. The summed E-state index contributed by atoms with van der Waals surface area (Å²) in [5.41, 5.74) is 4.83. The average molecular weight is 253 g/mol. The molecule has 0 heterocycles. The zero-order valence-electron chi connectivity index (χ0n) is 9.10. The average Bonchev–Trinajstić information content (AvgIpc) is 2.37. The molecule has 76 valence electrons. The standard InChI is InChI=1S/C13H17Br/c1-4-9-5-6-11-10(7-9)12(14)8-13(11,2)3/h5-7,12H,4,8H2,1-3H3. The molecule has 0 amide bonds. The largest absolute Gasteiger partial charge is 0.0838 e. The van der Waals surface area contributed by atoms with Crippen molar-refractivity contribution in [2.24, 2.45) is 0 Å². The topological polar surface area (TPSA) is 0 Å². The first-order chi connectivity index (χ1) is 6.54. The van der Waals surface area contributed by atoms with Gasteiger partial charge in [0.05, 0.1) is 0 Å². The molecule has 1 aliphatic carbocycles. The third-order valence-corrected chi connectivity index (χ3v) is 4.10. The zero-order chi connectivity index (χ0) is 10.3. The molecule has 14 heavy (non-hydrogen) atoms. The van der Waals surface area contributed by atoms with Gasteiger partial charge in [-0.05, 0) is 34.9 Å². The van der Waals surface area contributed by atoms with Crippen molar-refractivity contribution in [3.8, 4) is 0 Å². The minimum atomic E-state index is 0.343. The smallest absolute Gasteiger partial charge is 0.0406 e. The Kier molecular flexibility index (Phi) is 2.46. The predicted molar refractivity (Wildman–Crippen MR) is 65.1 cm³/mol. The van der Waals surface area contributed by atoms with E-state index in [9.17, 15) is 0 Å². The number of fused-ring (bicyclic) bond motifs is 1. The van der Waals surface area contributed by atoms with Crippen molar-refractivity contribution in [1.29, 1.82) is 0 Å². The molecule has 0 saturated carbocycles. The maximum absolute atomic E-state index is 3.78. The quantitative estimate of drug-likeness (QED) is 0.652. The molecule has 2 rings (SSSR count). The molecule has 0 spiro atoms. The summed E-state index contributed by atoms with van der Waals surface area (Å²) >= 11 is 3.78. The van der Waals surface area contributed by atoms with Gasteiger partial charge in [-0.2, -0.15) is 0 Å². The van der Waals surface area contributed by atoms with Gasteiger partial charge in [0.15, 0.2) is 0 Å². The Morgan fingerprint density at radius 3 is 2.79 bits per heavy atom. The Balaban J connectivity index is 2.52. The molecule has 1 aliphatic rings. The van der Waals surface area contributed by atoms with Gasteiger partial charge in [0.25, 0.3) is 0 Å². The van der Waals surface area contributed by atoms with Gasteiger partial charge in [-0.3, -0.25) is 0 Å². The molecule has 0 aliphatic heterocycles. The predicted octanol–water partition coefficient (Wildman–Crippen LogP) is 4.37. The third-order valence-electron chi connectivity index (χ3n) is 3.28. The number of alkyl halides is 1. The van der Waals surface area contributed by atoms with Gasteiger partial charge in [0.2, 0.25) is 0 Å². The summed E-state index contributed by atoms with van der Waals surface area (Å²) in [5, 5.41) is 0. The van der Waals surface area contributed by atoms with Gasteiger partial charge in [-0.15, -0.1) is 0 Å².